The first-order valence-electron chi connectivity index (χ1n) is 6.87. The fourth-order valence-electron chi connectivity index (χ4n) is 1.71. The van der Waals surface area contributed by atoms with Crippen LogP contribution in [0, 0.1) is 0 Å². The second-order valence-electron chi connectivity index (χ2n) is 4.43. The minimum absolute atomic E-state index is 0.0449. The molecule has 1 aromatic carbocycles. The summed E-state index contributed by atoms with van der Waals surface area (Å²) in [7, 11) is 4.08. The first-order valence-corrected chi connectivity index (χ1v) is 6.87. The van der Waals surface area contributed by atoms with Gasteiger partial charge in [0.1, 0.15) is 13.7 Å². The van der Waals surface area contributed by atoms with Crippen molar-refractivity contribution in [3.63, 3.8) is 0 Å². The maximum absolute atomic E-state index is 11.9. The third kappa shape index (κ3) is 5.41. The summed E-state index contributed by atoms with van der Waals surface area (Å²) in [6, 6.07) is 7.08. The molecule has 0 radical (unpaired) electrons. The third-order valence-corrected chi connectivity index (χ3v) is 2.85. The van der Waals surface area contributed by atoms with Gasteiger partial charge in [-0.2, -0.15) is 0 Å². The van der Waals surface area contributed by atoms with Crippen molar-refractivity contribution in [1.29, 1.82) is 0 Å². The Morgan fingerprint density at radius 1 is 1.12 bits per heavy atom. The van der Waals surface area contributed by atoms with E-state index >= 15 is 0 Å². The smallest absolute Gasteiger partial charge is 0.360 e. The minimum Gasteiger partial charge on any atom is -0.464 e. The number of oxime groups is 1. The highest BCUT2D eigenvalue weighted by atomic mass is 16.7. The molecule has 1 rings (SSSR count). The van der Waals surface area contributed by atoms with Crippen molar-refractivity contribution in [2.24, 2.45) is 5.16 Å². The van der Waals surface area contributed by atoms with E-state index in [2.05, 4.69) is 29.3 Å². The molecule has 0 aliphatic heterocycles. The molecule has 0 bridgehead atoms. The highest BCUT2D eigenvalue weighted by Gasteiger charge is 2.19. The standard InChI is InChI=1S/C16H21N3O5/c1-11(17-22-4)12(2)18-24-10-13-8-6-7-9-14(13)15(19-23-5)16(20)21-3/h6-9,17-18H,1-2,10H2,3-5H3. The fourth-order valence-corrected chi connectivity index (χ4v) is 1.71. The summed E-state index contributed by atoms with van der Waals surface area (Å²) in [6.07, 6.45) is 0. The molecule has 0 saturated carbocycles. The molecule has 0 unspecified atom stereocenters. The summed E-state index contributed by atoms with van der Waals surface area (Å²) in [6.45, 7) is 7.57. The van der Waals surface area contributed by atoms with Crippen LogP contribution >= 0.6 is 0 Å². The SMILES string of the molecule is C=C(NOC)C(=C)NOCc1ccccc1C(=NOC)C(=O)OC. The lowest BCUT2D eigenvalue weighted by atomic mass is 10.0. The summed E-state index contributed by atoms with van der Waals surface area (Å²) < 4.78 is 4.72. The summed E-state index contributed by atoms with van der Waals surface area (Å²) in [5.41, 5.74) is 7.26. The zero-order chi connectivity index (χ0) is 17.9. The second-order valence-corrected chi connectivity index (χ2v) is 4.43. The molecule has 0 saturated heterocycles. The number of carbonyl (C=O) groups is 1. The molecule has 0 atom stereocenters. The first-order chi connectivity index (χ1) is 11.5. The minimum atomic E-state index is -0.612. The monoisotopic (exact) mass is 335 g/mol. The number of hydroxylamine groups is 2. The molecular weight excluding hydrogens is 314 g/mol. The van der Waals surface area contributed by atoms with E-state index in [0.717, 1.165) is 0 Å². The van der Waals surface area contributed by atoms with Crippen LogP contribution in [0.4, 0.5) is 0 Å². The summed E-state index contributed by atoms with van der Waals surface area (Å²) >= 11 is 0. The van der Waals surface area contributed by atoms with Gasteiger partial charge < -0.3 is 9.57 Å². The van der Waals surface area contributed by atoms with Crippen LogP contribution in [-0.2, 0) is 30.7 Å². The lowest BCUT2D eigenvalue weighted by molar-refractivity contribution is -0.132. The number of methoxy groups -OCH3 is 1. The Labute approximate surface area is 140 Å². The number of esters is 1. The van der Waals surface area contributed by atoms with Gasteiger partial charge in [0, 0.05) is 5.56 Å². The number of ether oxygens (including phenoxy) is 1. The summed E-state index contributed by atoms with van der Waals surface area (Å²) in [5.74, 6) is -0.612. The average molecular weight is 335 g/mol. The normalized spacial score (nSPS) is 10.7. The molecular formula is C16H21N3O5. The van der Waals surface area contributed by atoms with E-state index in [-0.39, 0.29) is 12.3 Å². The largest absolute Gasteiger partial charge is 0.464 e. The zero-order valence-electron chi connectivity index (χ0n) is 13.9. The van der Waals surface area contributed by atoms with Crippen molar-refractivity contribution in [2.75, 3.05) is 21.3 Å². The molecule has 0 amide bonds. The van der Waals surface area contributed by atoms with E-state index in [0.29, 0.717) is 22.5 Å². The van der Waals surface area contributed by atoms with Crippen molar-refractivity contribution in [1.82, 2.24) is 11.0 Å². The Kier molecular flexibility index (Phi) is 8.03. The van der Waals surface area contributed by atoms with Crippen LogP contribution in [-0.4, -0.2) is 33.0 Å². The van der Waals surface area contributed by atoms with Crippen molar-refractivity contribution < 1.29 is 24.0 Å². The second kappa shape index (κ2) is 10.0. The van der Waals surface area contributed by atoms with Gasteiger partial charge in [-0.3, -0.25) is 20.6 Å². The van der Waals surface area contributed by atoms with Gasteiger partial charge in [-0.1, -0.05) is 42.6 Å². The maximum Gasteiger partial charge on any atom is 0.360 e. The number of hydrogen-bond donors (Lipinski definition) is 2. The van der Waals surface area contributed by atoms with Gasteiger partial charge in [0.2, 0.25) is 0 Å². The molecule has 130 valence electrons. The molecule has 0 fully saturated rings. The van der Waals surface area contributed by atoms with Crippen molar-refractivity contribution >= 4 is 11.7 Å². The van der Waals surface area contributed by atoms with E-state index in [4.69, 9.17) is 19.2 Å². The molecule has 2 N–H and O–H groups in total. The van der Waals surface area contributed by atoms with E-state index in [1.54, 1.807) is 18.2 Å². The Hall–Kier alpha value is -2.84. The van der Waals surface area contributed by atoms with Crippen LogP contribution < -0.4 is 11.0 Å². The van der Waals surface area contributed by atoms with Gasteiger partial charge in [-0.25, -0.2) is 4.79 Å². The molecule has 0 spiro atoms. The number of benzene rings is 1. The Bertz CT molecular complexity index is 628. The molecule has 0 aromatic heterocycles. The van der Waals surface area contributed by atoms with E-state index < -0.39 is 5.97 Å². The number of rotatable bonds is 10. The van der Waals surface area contributed by atoms with Gasteiger partial charge in [-0.15, -0.1) is 0 Å². The number of carbonyl (C=O) groups excluding carboxylic acids is 1. The van der Waals surface area contributed by atoms with Crippen LogP contribution in [0.5, 0.6) is 0 Å². The Morgan fingerprint density at radius 3 is 2.42 bits per heavy atom. The van der Waals surface area contributed by atoms with Gasteiger partial charge in [-0.05, 0) is 5.56 Å². The van der Waals surface area contributed by atoms with E-state index in [1.165, 1.54) is 21.3 Å². The topological polar surface area (TPSA) is 90.4 Å². The predicted molar refractivity (Wildman–Crippen MR) is 88.4 cm³/mol. The van der Waals surface area contributed by atoms with Crippen LogP contribution in [0.15, 0.2) is 54.0 Å². The summed E-state index contributed by atoms with van der Waals surface area (Å²) in [4.78, 5) is 26.7. The Balaban J connectivity index is 2.83. The molecule has 0 aliphatic rings. The molecule has 0 aliphatic carbocycles. The fraction of sp³-hybridized carbons (Fsp3) is 0.250. The highest BCUT2D eigenvalue weighted by molar-refractivity contribution is 6.43. The van der Waals surface area contributed by atoms with E-state index in [9.17, 15) is 4.79 Å². The maximum atomic E-state index is 11.9. The van der Waals surface area contributed by atoms with E-state index in [1.807, 2.05) is 6.07 Å². The lowest BCUT2D eigenvalue weighted by Gasteiger charge is -2.14. The van der Waals surface area contributed by atoms with Crippen molar-refractivity contribution in [3.05, 3.63) is 59.9 Å². The summed E-state index contributed by atoms with van der Waals surface area (Å²) in [5, 5.41) is 3.73. The molecule has 8 heteroatoms. The van der Waals surface area contributed by atoms with Crippen LogP contribution in [0.2, 0.25) is 0 Å². The van der Waals surface area contributed by atoms with Crippen LogP contribution in [0.3, 0.4) is 0 Å². The van der Waals surface area contributed by atoms with Crippen LogP contribution in [0.25, 0.3) is 0 Å². The number of hydrogen-bond acceptors (Lipinski definition) is 8. The lowest BCUT2D eigenvalue weighted by Crippen LogP contribution is -2.23. The van der Waals surface area contributed by atoms with Crippen LogP contribution in [0.1, 0.15) is 11.1 Å². The van der Waals surface area contributed by atoms with Gasteiger partial charge in [0.25, 0.3) is 0 Å². The van der Waals surface area contributed by atoms with Gasteiger partial charge in [0.15, 0.2) is 5.71 Å². The van der Waals surface area contributed by atoms with Gasteiger partial charge >= 0.3 is 5.97 Å². The molecule has 0 heterocycles. The van der Waals surface area contributed by atoms with Crippen molar-refractivity contribution in [2.45, 2.75) is 6.61 Å². The predicted octanol–water partition coefficient (Wildman–Crippen LogP) is 1.41. The number of nitrogens with one attached hydrogen (secondary N) is 2. The number of nitrogens with zero attached hydrogens (tertiary/aromatic N) is 1. The molecule has 24 heavy (non-hydrogen) atoms. The molecule has 8 nitrogen and oxygen atoms in total. The Morgan fingerprint density at radius 2 is 1.79 bits per heavy atom. The zero-order valence-corrected chi connectivity index (χ0v) is 13.9. The van der Waals surface area contributed by atoms with Crippen molar-refractivity contribution in [3.8, 4) is 0 Å². The highest BCUT2D eigenvalue weighted by Crippen LogP contribution is 2.13. The first kappa shape index (κ1) is 19.2. The third-order valence-electron chi connectivity index (χ3n) is 2.85. The van der Waals surface area contributed by atoms with Gasteiger partial charge in [0.05, 0.1) is 25.6 Å². The molecule has 1 aromatic rings. The average Bonchev–Trinajstić information content (AvgIpc) is 2.59. The quantitative estimate of drug-likeness (QED) is 0.289.